The van der Waals surface area contributed by atoms with E-state index < -0.39 is 0 Å². The maximum absolute atomic E-state index is 12.2. The molecule has 2 aliphatic rings. The smallest absolute Gasteiger partial charge is 0.275 e. The lowest BCUT2D eigenvalue weighted by Gasteiger charge is -2.11. The number of carbonyl (C=O) groups is 1. The summed E-state index contributed by atoms with van der Waals surface area (Å²) < 4.78 is 0. The Kier molecular flexibility index (Phi) is 3.36. The van der Waals surface area contributed by atoms with E-state index in [9.17, 15) is 4.79 Å². The Morgan fingerprint density at radius 3 is 2.76 bits per heavy atom. The van der Waals surface area contributed by atoms with Gasteiger partial charge < -0.3 is 10.3 Å². The Morgan fingerprint density at radius 2 is 1.96 bits per heavy atom. The monoisotopic (exact) mass is 333 g/mol. The van der Waals surface area contributed by atoms with Gasteiger partial charge in [0.1, 0.15) is 6.61 Å². The van der Waals surface area contributed by atoms with E-state index in [1.807, 2.05) is 18.2 Å². The van der Waals surface area contributed by atoms with Gasteiger partial charge in [0.25, 0.3) is 5.91 Å². The topological polar surface area (TPSA) is 66.2 Å². The predicted octanol–water partition coefficient (Wildman–Crippen LogP) is 3.43. The molecule has 1 amide bonds. The van der Waals surface area contributed by atoms with Crippen LogP contribution in [0.4, 0.5) is 0 Å². The number of hydroxylamine groups is 1. The zero-order chi connectivity index (χ0) is 16.8. The van der Waals surface area contributed by atoms with Gasteiger partial charge in [-0.15, -0.1) is 0 Å². The van der Waals surface area contributed by atoms with Crippen LogP contribution in [0.2, 0.25) is 0 Å². The fourth-order valence-corrected chi connectivity index (χ4v) is 3.98. The van der Waals surface area contributed by atoms with E-state index in [1.165, 1.54) is 18.4 Å². The maximum atomic E-state index is 12.2. The van der Waals surface area contributed by atoms with Crippen molar-refractivity contribution in [3.05, 3.63) is 59.2 Å². The molecule has 0 bridgehead atoms. The first-order valence-electron chi connectivity index (χ1n) is 8.71. The zero-order valence-electron chi connectivity index (χ0n) is 13.8. The Morgan fingerprint density at radius 1 is 1.08 bits per heavy atom. The van der Waals surface area contributed by atoms with Crippen molar-refractivity contribution in [2.24, 2.45) is 0 Å². The summed E-state index contributed by atoms with van der Waals surface area (Å²) in [7, 11) is 0. The van der Waals surface area contributed by atoms with Crippen molar-refractivity contribution < 1.29 is 9.63 Å². The molecule has 5 heteroatoms. The van der Waals surface area contributed by atoms with Crippen molar-refractivity contribution in [1.29, 1.82) is 0 Å². The second-order valence-electron chi connectivity index (χ2n) is 6.70. The highest BCUT2D eigenvalue weighted by atomic mass is 16.6. The van der Waals surface area contributed by atoms with E-state index in [-0.39, 0.29) is 5.91 Å². The molecule has 0 spiro atoms. The van der Waals surface area contributed by atoms with Gasteiger partial charge in [0.15, 0.2) is 0 Å². The van der Waals surface area contributed by atoms with Crippen molar-refractivity contribution in [1.82, 2.24) is 15.8 Å². The van der Waals surface area contributed by atoms with Crippen LogP contribution in [0.1, 0.15) is 40.4 Å². The molecule has 2 aliphatic heterocycles. The molecule has 0 aliphatic carbocycles. The molecular weight excluding hydrogens is 314 g/mol. The van der Waals surface area contributed by atoms with Gasteiger partial charge in [-0.1, -0.05) is 30.3 Å². The molecule has 0 saturated carbocycles. The van der Waals surface area contributed by atoms with Crippen LogP contribution in [0, 0.1) is 0 Å². The van der Waals surface area contributed by atoms with Crippen LogP contribution in [0.15, 0.2) is 42.5 Å². The molecule has 0 radical (unpaired) electrons. The van der Waals surface area contributed by atoms with Gasteiger partial charge in [0.2, 0.25) is 0 Å². The first-order valence-corrected chi connectivity index (χ1v) is 8.71. The van der Waals surface area contributed by atoms with Gasteiger partial charge in [-0.3, -0.25) is 9.63 Å². The summed E-state index contributed by atoms with van der Waals surface area (Å²) in [6, 6.07) is 14.9. The van der Waals surface area contributed by atoms with E-state index in [0.717, 1.165) is 34.3 Å². The number of H-pyrrole nitrogens is 1. The third kappa shape index (κ3) is 2.35. The van der Waals surface area contributed by atoms with Crippen LogP contribution < -0.4 is 10.8 Å². The predicted molar refractivity (Wildman–Crippen MR) is 96.0 cm³/mol. The molecule has 5 rings (SSSR count). The number of nitrogens with one attached hydrogen (secondary N) is 3. The normalized spacial score (nSPS) is 19.8. The van der Waals surface area contributed by atoms with Crippen molar-refractivity contribution in [2.75, 3.05) is 6.54 Å². The number of carbonyl (C=O) groups excluding carboxylic acids is 1. The zero-order valence-corrected chi connectivity index (χ0v) is 13.8. The second kappa shape index (κ2) is 5.72. The molecule has 1 atom stereocenters. The SMILES string of the molecule is O=C1NOCc2c(-c3ccc(C4CCCN4)cc3)[nH]c3cccc1c23. The molecule has 3 aromatic rings. The number of aromatic nitrogens is 1. The van der Waals surface area contributed by atoms with Crippen molar-refractivity contribution in [3.63, 3.8) is 0 Å². The minimum absolute atomic E-state index is 0.197. The Bertz CT molecular complexity index is 953. The van der Waals surface area contributed by atoms with Crippen LogP contribution in [0.3, 0.4) is 0 Å². The minimum Gasteiger partial charge on any atom is -0.354 e. The van der Waals surface area contributed by atoms with Crippen LogP contribution in [0.25, 0.3) is 22.2 Å². The van der Waals surface area contributed by atoms with Gasteiger partial charge in [-0.05, 0) is 42.6 Å². The van der Waals surface area contributed by atoms with Crippen LogP contribution in [-0.2, 0) is 11.4 Å². The highest BCUT2D eigenvalue weighted by Crippen LogP contribution is 2.35. The first-order chi connectivity index (χ1) is 12.3. The van der Waals surface area contributed by atoms with E-state index in [1.54, 1.807) is 0 Å². The average molecular weight is 333 g/mol. The quantitative estimate of drug-likeness (QED) is 0.673. The summed E-state index contributed by atoms with van der Waals surface area (Å²) in [6.45, 7) is 1.45. The minimum atomic E-state index is -0.197. The van der Waals surface area contributed by atoms with Gasteiger partial charge in [-0.2, -0.15) is 0 Å². The standard InChI is InChI=1S/C20H19N3O2/c24-20-14-3-1-4-17-18(14)15(11-25-23-20)19(22-17)13-8-6-12(7-9-13)16-5-2-10-21-16/h1,3-4,6-9,16,21-22H,2,5,10-11H2,(H,23,24). The third-order valence-electron chi connectivity index (χ3n) is 5.22. The van der Waals surface area contributed by atoms with E-state index in [4.69, 9.17) is 4.84 Å². The van der Waals surface area contributed by atoms with E-state index in [0.29, 0.717) is 18.2 Å². The Balaban J connectivity index is 1.62. The lowest BCUT2D eigenvalue weighted by molar-refractivity contribution is 0.0256. The molecule has 1 fully saturated rings. The Hall–Kier alpha value is -2.63. The van der Waals surface area contributed by atoms with Crippen LogP contribution in [0.5, 0.6) is 0 Å². The largest absolute Gasteiger partial charge is 0.354 e. The fourth-order valence-electron chi connectivity index (χ4n) is 3.98. The summed E-state index contributed by atoms with van der Waals surface area (Å²) in [5.74, 6) is -0.197. The lowest BCUT2D eigenvalue weighted by atomic mass is 9.99. The summed E-state index contributed by atoms with van der Waals surface area (Å²) in [4.78, 5) is 21.0. The van der Waals surface area contributed by atoms with E-state index in [2.05, 4.69) is 40.0 Å². The molecule has 25 heavy (non-hydrogen) atoms. The molecule has 3 heterocycles. The molecule has 2 aromatic carbocycles. The number of amides is 1. The van der Waals surface area contributed by atoms with Crippen LogP contribution >= 0.6 is 0 Å². The molecule has 1 unspecified atom stereocenters. The maximum Gasteiger partial charge on any atom is 0.275 e. The average Bonchev–Trinajstić information content (AvgIpc) is 3.26. The first kappa shape index (κ1) is 14.7. The molecule has 3 N–H and O–H groups in total. The van der Waals surface area contributed by atoms with Gasteiger partial charge >= 0.3 is 0 Å². The number of benzene rings is 2. The summed E-state index contributed by atoms with van der Waals surface area (Å²) in [5.41, 5.74) is 8.60. The van der Waals surface area contributed by atoms with Gasteiger partial charge in [-0.25, -0.2) is 5.48 Å². The molecular formula is C20H19N3O2. The highest BCUT2D eigenvalue weighted by Gasteiger charge is 2.23. The van der Waals surface area contributed by atoms with Crippen molar-refractivity contribution >= 4 is 16.8 Å². The molecule has 5 nitrogen and oxygen atoms in total. The van der Waals surface area contributed by atoms with Gasteiger partial charge in [0, 0.05) is 22.5 Å². The summed E-state index contributed by atoms with van der Waals surface area (Å²) in [6.07, 6.45) is 2.43. The Labute approximate surface area is 145 Å². The highest BCUT2D eigenvalue weighted by molar-refractivity contribution is 6.09. The van der Waals surface area contributed by atoms with E-state index >= 15 is 0 Å². The molecule has 1 saturated heterocycles. The van der Waals surface area contributed by atoms with Crippen LogP contribution in [-0.4, -0.2) is 17.4 Å². The second-order valence-corrected chi connectivity index (χ2v) is 6.70. The summed E-state index contributed by atoms with van der Waals surface area (Å²) >= 11 is 0. The third-order valence-corrected chi connectivity index (χ3v) is 5.22. The van der Waals surface area contributed by atoms with Crippen molar-refractivity contribution in [3.8, 4) is 11.3 Å². The molecule has 1 aromatic heterocycles. The number of aromatic amines is 1. The molecule has 126 valence electrons. The summed E-state index contributed by atoms with van der Waals surface area (Å²) in [5, 5.41) is 4.49. The number of hydrogen-bond donors (Lipinski definition) is 3. The lowest BCUT2D eigenvalue weighted by Crippen LogP contribution is -2.21. The number of hydrogen-bond acceptors (Lipinski definition) is 3. The fraction of sp³-hybridized carbons (Fsp3) is 0.250. The number of rotatable bonds is 2. The van der Waals surface area contributed by atoms with Crippen molar-refractivity contribution in [2.45, 2.75) is 25.5 Å². The van der Waals surface area contributed by atoms with Gasteiger partial charge in [0.05, 0.1) is 11.3 Å².